The number of Topliss-reactive ketones (excluding diaryl/α,β-unsaturated/α-hetero) is 1. The van der Waals surface area contributed by atoms with Gasteiger partial charge in [-0.25, -0.2) is 4.79 Å². The van der Waals surface area contributed by atoms with E-state index in [0.717, 1.165) is 12.0 Å². The van der Waals surface area contributed by atoms with Gasteiger partial charge in [0, 0.05) is 29.4 Å². The van der Waals surface area contributed by atoms with Crippen LogP contribution >= 0.6 is 0 Å². The lowest BCUT2D eigenvalue weighted by molar-refractivity contribution is -0.148. The Morgan fingerprint density at radius 1 is 1.37 bits per heavy atom. The number of hydrogen-bond acceptors (Lipinski definition) is 6. The van der Waals surface area contributed by atoms with Crippen molar-refractivity contribution in [2.75, 3.05) is 7.11 Å². The Morgan fingerprint density at radius 3 is 2.78 bits per heavy atom. The van der Waals surface area contributed by atoms with Crippen LogP contribution in [0.25, 0.3) is 0 Å². The van der Waals surface area contributed by atoms with Gasteiger partial charge in [-0.1, -0.05) is 13.0 Å². The Labute approximate surface area is 158 Å². The first-order chi connectivity index (χ1) is 12.9. The molecular formula is C21H26O6. The number of allylic oxidation sites excluding steroid dienone is 1. The van der Waals surface area contributed by atoms with Crippen LogP contribution in [0.4, 0.5) is 0 Å². The van der Waals surface area contributed by atoms with Gasteiger partial charge in [-0.2, -0.15) is 0 Å². The average molecular weight is 374 g/mol. The molecule has 1 aromatic heterocycles. The predicted octanol–water partition coefficient (Wildman–Crippen LogP) is 3.77. The van der Waals surface area contributed by atoms with Crippen molar-refractivity contribution in [3.8, 4) is 0 Å². The van der Waals surface area contributed by atoms with E-state index < -0.39 is 5.41 Å². The molecule has 6 heteroatoms. The Hall–Kier alpha value is -2.37. The van der Waals surface area contributed by atoms with Crippen LogP contribution in [-0.4, -0.2) is 24.8 Å². The monoisotopic (exact) mass is 374 g/mol. The molecule has 3 rings (SSSR count). The highest BCUT2D eigenvalue weighted by Crippen LogP contribution is 2.53. The third-order valence-electron chi connectivity index (χ3n) is 6.09. The van der Waals surface area contributed by atoms with E-state index in [4.69, 9.17) is 13.9 Å². The fourth-order valence-electron chi connectivity index (χ4n) is 4.58. The quantitative estimate of drug-likeness (QED) is 0.705. The van der Waals surface area contributed by atoms with E-state index in [9.17, 15) is 14.4 Å². The van der Waals surface area contributed by atoms with Gasteiger partial charge in [-0.05, 0) is 38.2 Å². The standard InChI is InChI=1S/C21H26O6/c1-13(22)7-9-21(2)16(5-4-6-17(21)20(24)25-3)15-11-18(27-19(15)23)14-8-10-26-12-14/h6,8,10,12,15-16,18H,4-5,7,9,11H2,1-3H3/t15-,16+,18-,21-/m1/s1. The summed E-state index contributed by atoms with van der Waals surface area (Å²) in [6, 6.07) is 1.80. The van der Waals surface area contributed by atoms with Crippen LogP contribution in [0.1, 0.15) is 57.6 Å². The molecule has 27 heavy (non-hydrogen) atoms. The second kappa shape index (κ2) is 7.71. The van der Waals surface area contributed by atoms with Crippen LogP contribution in [0.15, 0.2) is 34.7 Å². The Balaban J connectivity index is 1.90. The molecule has 146 valence electrons. The van der Waals surface area contributed by atoms with Crippen molar-refractivity contribution in [1.82, 2.24) is 0 Å². The summed E-state index contributed by atoms with van der Waals surface area (Å²) in [5.74, 6) is -0.972. The van der Waals surface area contributed by atoms with Crippen molar-refractivity contribution in [3.63, 3.8) is 0 Å². The maximum absolute atomic E-state index is 12.7. The van der Waals surface area contributed by atoms with Gasteiger partial charge >= 0.3 is 11.9 Å². The molecule has 0 N–H and O–H groups in total. The van der Waals surface area contributed by atoms with Gasteiger partial charge < -0.3 is 18.7 Å². The topological polar surface area (TPSA) is 82.8 Å². The molecule has 2 aliphatic rings. The normalized spacial score (nSPS) is 30.6. The molecule has 0 radical (unpaired) electrons. The van der Waals surface area contributed by atoms with Crippen molar-refractivity contribution in [3.05, 3.63) is 35.8 Å². The van der Waals surface area contributed by atoms with Gasteiger partial charge in [0.15, 0.2) is 0 Å². The van der Waals surface area contributed by atoms with Crippen molar-refractivity contribution in [1.29, 1.82) is 0 Å². The van der Waals surface area contributed by atoms with E-state index in [1.165, 1.54) is 7.11 Å². The third kappa shape index (κ3) is 3.70. The Morgan fingerprint density at radius 2 is 2.15 bits per heavy atom. The highest BCUT2D eigenvalue weighted by atomic mass is 16.6. The molecule has 6 nitrogen and oxygen atoms in total. The molecule has 1 aliphatic carbocycles. The summed E-state index contributed by atoms with van der Waals surface area (Å²) in [7, 11) is 1.36. The van der Waals surface area contributed by atoms with Gasteiger partial charge in [0.05, 0.1) is 25.6 Å². The number of cyclic esters (lactones) is 1. The van der Waals surface area contributed by atoms with Crippen LogP contribution in [0.5, 0.6) is 0 Å². The first kappa shape index (κ1) is 19.4. The summed E-state index contributed by atoms with van der Waals surface area (Å²) in [6.45, 7) is 3.52. The molecule has 1 fully saturated rings. The molecule has 0 bridgehead atoms. The molecule has 0 unspecified atom stereocenters. The summed E-state index contributed by atoms with van der Waals surface area (Å²) in [5.41, 5.74) is 0.810. The molecule has 1 aromatic rings. The molecule has 0 saturated carbocycles. The fraction of sp³-hybridized carbons (Fsp3) is 0.571. The lowest BCUT2D eigenvalue weighted by atomic mass is 9.59. The zero-order valence-electron chi connectivity index (χ0n) is 16.0. The Kier molecular flexibility index (Phi) is 5.53. The van der Waals surface area contributed by atoms with Gasteiger partial charge in [0.1, 0.15) is 11.9 Å². The van der Waals surface area contributed by atoms with E-state index in [0.29, 0.717) is 31.3 Å². The zero-order chi connectivity index (χ0) is 19.6. The Bertz CT molecular complexity index is 747. The smallest absolute Gasteiger partial charge is 0.333 e. The maximum atomic E-state index is 12.7. The number of rotatable bonds is 6. The predicted molar refractivity (Wildman–Crippen MR) is 96.5 cm³/mol. The van der Waals surface area contributed by atoms with Gasteiger partial charge in [0.2, 0.25) is 0 Å². The average Bonchev–Trinajstić information content (AvgIpc) is 3.29. The lowest BCUT2D eigenvalue weighted by Gasteiger charge is -2.43. The summed E-state index contributed by atoms with van der Waals surface area (Å²) >= 11 is 0. The fourth-order valence-corrected chi connectivity index (χ4v) is 4.58. The molecule has 0 aromatic carbocycles. The number of ketones is 1. The third-order valence-corrected chi connectivity index (χ3v) is 6.09. The van der Waals surface area contributed by atoms with E-state index in [2.05, 4.69) is 0 Å². The number of methoxy groups -OCH3 is 1. The van der Waals surface area contributed by atoms with Crippen LogP contribution in [0.2, 0.25) is 0 Å². The van der Waals surface area contributed by atoms with Crippen molar-refractivity contribution in [2.24, 2.45) is 17.3 Å². The zero-order valence-corrected chi connectivity index (χ0v) is 16.0. The van der Waals surface area contributed by atoms with Crippen LogP contribution in [-0.2, 0) is 23.9 Å². The van der Waals surface area contributed by atoms with E-state index in [1.807, 2.05) is 13.0 Å². The number of hydrogen-bond donors (Lipinski definition) is 0. The second-order valence-electron chi connectivity index (χ2n) is 7.74. The van der Waals surface area contributed by atoms with Crippen molar-refractivity contribution < 1.29 is 28.3 Å². The number of furan rings is 1. The molecular weight excluding hydrogens is 348 g/mol. The highest BCUT2D eigenvalue weighted by molar-refractivity contribution is 5.90. The minimum atomic E-state index is -0.605. The van der Waals surface area contributed by atoms with E-state index >= 15 is 0 Å². The largest absolute Gasteiger partial charge is 0.472 e. The second-order valence-corrected chi connectivity index (χ2v) is 7.74. The first-order valence-corrected chi connectivity index (χ1v) is 9.37. The summed E-state index contributed by atoms with van der Waals surface area (Å²) in [4.78, 5) is 36.7. The minimum Gasteiger partial charge on any atom is -0.472 e. The molecule has 0 amide bonds. The maximum Gasteiger partial charge on any atom is 0.333 e. The number of carbonyl (C=O) groups excluding carboxylic acids is 3. The van der Waals surface area contributed by atoms with Crippen LogP contribution in [0, 0.1) is 17.3 Å². The van der Waals surface area contributed by atoms with E-state index in [1.54, 1.807) is 25.5 Å². The highest BCUT2D eigenvalue weighted by Gasteiger charge is 2.51. The molecule has 2 heterocycles. The molecule has 4 atom stereocenters. The first-order valence-electron chi connectivity index (χ1n) is 9.37. The number of ether oxygens (including phenoxy) is 2. The summed E-state index contributed by atoms with van der Waals surface area (Å²) < 4.78 is 15.7. The van der Waals surface area contributed by atoms with Crippen LogP contribution in [0.3, 0.4) is 0 Å². The van der Waals surface area contributed by atoms with Gasteiger partial charge in [-0.3, -0.25) is 4.79 Å². The van der Waals surface area contributed by atoms with Crippen molar-refractivity contribution in [2.45, 2.75) is 52.1 Å². The number of carbonyl (C=O) groups is 3. The SMILES string of the molecule is COC(=O)C1=CCC[C@@H]([C@H]2C[C@H](c3ccoc3)OC2=O)[C@@]1(C)CCC(C)=O. The van der Waals surface area contributed by atoms with Gasteiger partial charge in [-0.15, -0.1) is 0 Å². The van der Waals surface area contributed by atoms with Crippen molar-refractivity contribution >= 4 is 17.7 Å². The molecule has 1 saturated heterocycles. The van der Waals surface area contributed by atoms with Gasteiger partial charge in [0.25, 0.3) is 0 Å². The summed E-state index contributed by atoms with van der Waals surface area (Å²) in [6.07, 6.45) is 7.61. The molecule has 0 spiro atoms. The van der Waals surface area contributed by atoms with Crippen LogP contribution < -0.4 is 0 Å². The minimum absolute atomic E-state index is 0.0648. The lowest BCUT2D eigenvalue weighted by Crippen LogP contribution is -2.41. The van der Waals surface area contributed by atoms with E-state index in [-0.39, 0.29) is 35.7 Å². The summed E-state index contributed by atoms with van der Waals surface area (Å²) in [5, 5.41) is 0. The molecule has 1 aliphatic heterocycles. The number of esters is 2.